The van der Waals surface area contributed by atoms with Crippen molar-refractivity contribution in [3.63, 3.8) is 0 Å². The molecule has 4 heteroatoms. The zero-order valence-electron chi connectivity index (χ0n) is 11.1. The van der Waals surface area contributed by atoms with E-state index in [9.17, 15) is 4.79 Å². The van der Waals surface area contributed by atoms with Crippen LogP contribution >= 0.6 is 15.9 Å². The quantitative estimate of drug-likeness (QED) is 0.868. The maximum atomic E-state index is 12.1. The summed E-state index contributed by atoms with van der Waals surface area (Å²) in [6, 6.07) is 8.24. The van der Waals surface area contributed by atoms with E-state index < -0.39 is 0 Å². The normalized spacial score (nSPS) is 16.7. The summed E-state index contributed by atoms with van der Waals surface area (Å²) in [5, 5.41) is 3.31. The maximum Gasteiger partial charge on any atom is 0.246 e. The van der Waals surface area contributed by atoms with Crippen LogP contribution in [0.1, 0.15) is 18.4 Å². The fraction of sp³-hybridized carbons (Fsp3) is 0.400. The molecule has 102 valence electrons. The molecule has 1 aliphatic rings. The van der Waals surface area contributed by atoms with Crippen molar-refractivity contribution in [2.75, 3.05) is 20.1 Å². The average molecular weight is 323 g/mol. The van der Waals surface area contributed by atoms with E-state index in [2.05, 4.69) is 21.2 Å². The van der Waals surface area contributed by atoms with E-state index >= 15 is 0 Å². The van der Waals surface area contributed by atoms with E-state index in [1.165, 1.54) is 0 Å². The second kappa shape index (κ2) is 6.87. The van der Waals surface area contributed by atoms with Crippen molar-refractivity contribution < 1.29 is 4.79 Å². The van der Waals surface area contributed by atoms with Crippen LogP contribution in [-0.4, -0.2) is 37.0 Å². The van der Waals surface area contributed by atoms with Crippen LogP contribution < -0.4 is 5.32 Å². The first-order valence-electron chi connectivity index (χ1n) is 6.58. The number of carbonyl (C=O) groups excluding carboxylic acids is 1. The molecule has 1 aromatic rings. The smallest absolute Gasteiger partial charge is 0.246 e. The number of rotatable bonds is 3. The van der Waals surface area contributed by atoms with Gasteiger partial charge in [-0.2, -0.15) is 0 Å². The minimum atomic E-state index is 0.0719. The number of piperidine rings is 1. The summed E-state index contributed by atoms with van der Waals surface area (Å²) in [7, 11) is 1.89. The number of amides is 1. The van der Waals surface area contributed by atoms with Gasteiger partial charge in [0.2, 0.25) is 5.91 Å². The van der Waals surface area contributed by atoms with Crippen LogP contribution in [0.4, 0.5) is 0 Å². The van der Waals surface area contributed by atoms with Crippen LogP contribution in [-0.2, 0) is 4.79 Å². The molecule has 0 aromatic heterocycles. The molecule has 0 aliphatic carbocycles. The van der Waals surface area contributed by atoms with Crippen molar-refractivity contribution in [2.24, 2.45) is 0 Å². The van der Waals surface area contributed by atoms with E-state index in [4.69, 9.17) is 0 Å². The van der Waals surface area contributed by atoms with Gasteiger partial charge in [0.05, 0.1) is 0 Å². The Morgan fingerprint density at radius 2 is 2.05 bits per heavy atom. The molecule has 0 spiro atoms. The van der Waals surface area contributed by atoms with E-state index in [1.807, 2.05) is 42.3 Å². The van der Waals surface area contributed by atoms with Gasteiger partial charge in [0.15, 0.2) is 0 Å². The van der Waals surface area contributed by atoms with Crippen molar-refractivity contribution in [3.05, 3.63) is 40.4 Å². The van der Waals surface area contributed by atoms with Gasteiger partial charge in [-0.3, -0.25) is 4.79 Å². The summed E-state index contributed by atoms with van der Waals surface area (Å²) in [6.07, 6.45) is 5.59. The van der Waals surface area contributed by atoms with Gasteiger partial charge in [0, 0.05) is 23.6 Å². The largest absolute Gasteiger partial charge is 0.339 e. The van der Waals surface area contributed by atoms with E-state index in [-0.39, 0.29) is 5.91 Å². The Bertz CT molecular complexity index is 467. The van der Waals surface area contributed by atoms with E-state index in [1.54, 1.807) is 6.08 Å². The molecule has 19 heavy (non-hydrogen) atoms. The maximum absolute atomic E-state index is 12.1. The Morgan fingerprint density at radius 3 is 2.74 bits per heavy atom. The van der Waals surface area contributed by atoms with Gasteiger partial charge in [-0.05, 0) is 43.6 Å². The lowest BCUT2D eigenvalue weighted by atomic mass is 10.1. The number of nitrogens with one attached hydrogen (secondary N) is 1. The van der Waals surface area contributed by atoms with Gasteiger partial charge in [0.1, 0.15) is 0 Å². The first-order valence-corrected chi connectivity index (χ1v) is 7.38. The SMILES string of the molecule is CN(C(=O)C=Cc1ccccc1Br)C1CCNCC1. The first-order chi connectivity index (χ1) is 9.18. The zero-order chi connectivity index (χ0) is 13.7. The lowest BCUT2D eigenvalue weighted by Crippen LogP contribution is -2.43. The standard InChI is InChI=1S/C15H19BrN2O/c1-18(13-8-10-17-11-9-13)15(19)7-6-12-4-2-3-5-14(12)16/h2-7,13,17H,8-11H2,1H3. The second-order valence-corrected chi connectivity index (χ2v) is 5.64. The molecule has 0 bridgehead atoms. The molecule has 3 nitrogen and oxygen atoms in total. The molecule has 1 amide bonds. The Morgan fingerprint density at radius 1 is 1.37 bits per heavy atom. The molecular weight excluding hydrogens is 304 g/mol. The lowest BCUT2D eigenvalue weighted by molar-refractivity contribution is -0.127. The third kappa shape index (κ3) is 3.91. The fourth-order valence-corrected chi connectivity index (χ4v) is 2.68. The Labute approximate surface area is 122 Å². The van der Waals surface area contributed by atoms with Gasteiger partial charge < -0.3 is 10.2 Å². The van der Waals surface area contributed by atoms with Gasteiger partial charge in [0.25, 0.3) is 0 Å². The zero-order valence-corrected chi connectivity index (χ0v) is 12.7. The van der Waals surface area contributed by atoms with Crippen LogP contribution in [0.25, 0.3) is 6.08 Å². The van der Waals surface area contributed by atoms with Gasteiger partial charge in [-0.25, -0.2) is 0 Å². The van der Waals surface area contributed by atoms with Crippen LogP contribution in [0.2, 0.25) is 0 Å². The predicted octanol–water partition coefficient (Wildman–Crippen LogP) is 2.67. The molecule has 1 fully saturated rings. The van der Waals surface area contributed by atoms with E-state index in [0.717, 1.165) is 36.0 Å². The number of nitrogens with zero attached hydrogens (tertiary/aromatic N) is 1. The molecule has 0 radical (unpaired) electrons. The summed E-state index contributed by atoms with van der Waals surface area (Å²) in [4.78, 5) is 14.0. The molecule has 0 atom stereocenters. The lowest BCUT2D eigenvalue weighted by Gasteiger charge is -2.30. The number of halogens is 1. The topological polar surface area (TPSA) is 32.3 Å². The number of carbonyl (C=O) groups is 1. The number of hydrogen-bond acceptors (Lipinski definition) is 2. The summed E-state index contributed by atoms with van der Waals surface area (Å²) in [5.41, 5.74) is 1.02. The minimum absolute atomic E-state index is 0.0719. The van der Waals surface area contributed by atoms with Crippen LogP contribution in [0.5, 0.6) is 0 Å². The average Bonchev–Trinajstić information content (AvgIpc) is 2.46. The van der Waals surface area contributed by atoms with Crippen molar-refractivity contribution in [1.29, 1.82) is 0 Å². The molecule has 2 rings (SSSR count). The van der Waals surface area contributed by atoms with Crippen molar-refractivity contribution in [3.8, 4) is 0 Å². The number of hydrogen-bond donors (Lipinski definition) is 1. The molecular formula is C15H19BrN2O. The van der Waals surface area contributed by atoms with Crippen LogP contribution in [0, 0.1) is 0 Å². The van der Waals surface area contributed by atoms with Gasteiger partial charge >= 0.3 is 0 Å². The van der Waals surface area contributed by atoms with Gasteiger partial charge in [-0.1, -0.05) is 34.1 Å². The van der Waals surface area contributed by atoms with Crippen molar-refractivity contribution >= 4 is 27.9 Å². The summed E-state index contributed by atoms with van der Waals surface area (Å²) in [5.74, 6) is 0.0719. The second-order valence-electron chi connectivity index (χ2n) is 4.79. The number of likely N-dealkylation sites (N-methyl/N-ethyl adjacent to an activating group) is 1. The highest BCUT2D eigenvalue weighted by Crippen LogP contribution is 2.17. The third-order valence-corrected chi connectivity index (χ3v) is 4.24. The molecule has 1 aromatic carbocycles. The summed E-state index contributed by atoms with van der Waals surface area (Å²) in [6.45, 7) is 1.99. The highest BCUT2D eigenvalue weighted by Gasteiger charge is 2.20. The monoisotopic (exact) mass is 322 g/mol. The molecule has 0 unspecified atom stereocenters. The number of benzene rings is 1. The first kappa shape index (κ1) is 14.3. The fourth-order valence-electron chi connectivity index (χ4n) is 2.26. The summed E-state index contributed by atoms with van der Waals surface area (Å²) < 4.78 is 1.00. The van der Waals surface area contributed by atoms with Crippen LogP contribution in [0.3, 0.4) is 0 Å². The highest BCUT2D eigenvalue weighted by molar-refractivity contribution is 9.10. The molecule has 1 aliphatic heterocycles. The minimum Gasteiger partial charge on any atom is -0.339 e. The van der Waals surface area contributed by atoms with Crippen LogP contribution in [0.15, 0.2) is 34.8 Å². The highest BCUT2D eigenvalue weighted by atomic mass is 79.9. The third-order valence-electron chi connectivity index (χ3n) is 3.51. The van der Waals surface area contributed by atoms with Gasteiger partial charge in [-0.15, -0.1) is 0 Å². The van der Waals surface area contributed by atoms with Crippen molar-refractivity contribution in [2.45, 2.75) is 18.9 Å². The molecule has 1 N–H and O–H groups in total. The van der Waals surface area contributed by atoms with Crippen molar-refractivity contribution in [1.82, 2.24) is 10.2 Å². The Hall–Kier alpha value is -1.13. The predicted molar refractivity (Wildman–Crippen MR) is 81.8 cm³/mol. The molecule has 1 saturated heterocycles. The van der Waals surface area contributed by atoms with E-state index in [0.29, 0.717) is 6.04 Å². The summed E-state index contributed by atoms with van der Waals surface area (Å²) >= 11 is 3.48. The Kier molecular flexibility index (Phi) is 5.16. The Balaban J connectivity index is 1.98. The molecule has 1 heterocycles. The molecule has 0 saturated carbocycles.